The van der Waals surface area contributed by atoms with Gasteiger partial charge in [0.2, 0.25) is 5.91 Å². The van der Waals surface area contributed by atoms with E-state index in [1.165, 1.54) is 0 Å². The van der Waals surface area contributed by atoms with Crippen LogP contribution in [-0.4, -0.2) is 19.0 Å². The number of nitrogens with one attached hydrogen (secondary N) is 1. The Hall–Kier alpha value is -1.01. The minimum atomic E-state index is -0.389. The van der Waals surface area contributed by atoms with E-state index in [1.54, 1.807) is 6.92 Å². The topological polar surface area (TPSA) is 55.1 Å². The molecule has 0 rings (SSSR count). The Balaban J connectivity index is 4.19. The van der Waals surface area contributed by atoms with Gasteiger partial charge in [0.25, 0.3) is 0 Å². The molecule has 0 aliphatic heterocycles. The number of hydrogen-bond donors (Lipinski definition) is 2. The first-order valence-corrected chi connectivity index (χ1v) is 5.54. The van der Waals surface area contributed by atoms with Gasteiger partial charge in [-0.15, -0.1) is 11.8 Å². The molecule has 0 fully saturated rings. The Morgan fingerprint density at radius 1 is 1.40 bits per heavy atom. The molecule has 86 valence electrons. The van der Waals surface area contributed by atoms with Crippen LogP contribution in [0.25, 0.3) is 0 Å². The first kappa shape index (κ1) is 14.0. The van der Waals surface area contributed by atoms with E-state index in [-0.39, 0.29) is 11.3 Å². The predicted octanol–water partition coefficient (Wildman–Crippen LogP) is 1.28. The van der Waals surface area contributed by atoms with Crippen LogP contribution in [-0.2, 0) is 4.79 Å². The van der Waals surface area contributed by atoms with Gasteiger partial charge in [-0.05, 0) is 19.8 Å². The number of carbonyl (C=O) groups is 1. The van der Waals surface area contributed by atoms with Gasteiger partial charge in [0.05, 0.1) is 5.41 Å². The maximum atomic E-state index is 11.9. The van der Waals surface area contributed by atoms with E-state index in [4.69, 9.17) is 5.73 Å². The van der Waals surface area contributed by atoms with Crippen LogP contribution in [0.2, 0.25) is 0 Å². The summed E-state index contributed by atoms with van der Waals surface area (Å²) in [4.78, 5) is 11.9. The molecule has 0 unspecified atom stereocenters. The maximum absolute atomic E-state index is 11.9. The van der Waals surface area contributed by atoms with E-state index in [1.807, 2.05) is 13.8 Å². The number of amides is 1. The highest BCUT2D eigenvalue weighted by atomic mass is 16.2. The second kappa shape index (κ2) is 7.30. The second-order valence-electron chi connectivity index (χ2n) is 3.62. The Kier molecular flexibility index (Phi) is 6.81. The number of carbonyl (C=O) groups excluding carboxylic acids is 1. The summed E-state index contributed by atoms with van der Waals surface area (Å²) in [6.45, 7) is 6.82. The van der Waals surface area contributed by atoms with E-state index in [2.05, 4.69) is 17.2 Å². The van der Waals surface area contributed by atoms with Crippen molar-refractivity contribution in [2.24, 2.45) is 11.1 Å². The molecule has 0 spiro atoms. The van der Waals surface area contributed by atoms with Crippen molar-refractivity contribution in [3.63, 3.8) is 0 Å². The van der Waals surface area contributed by atoms with Gasteiger partial charge in [0.15, 0.2) is 0 Å². The Bertz CT molecular complexity index is 238. The van der Waals surface area contributed by atoms with E-state index < -0.39 is 0 Å². The molecule has 0 saturated heterocycles. The molecule has 0 heterocycles. The number of hydrogen-bond acceptors (Lipinski definition) is 2. The summed E-state index contributed by atoms with van der Waals surface area (Å²) >= 11 is 0. The van der Waals surface area contributed by atoms with Gasteiger partial charge < -0.3 is 11.1 Å². The average Bonchev–Trinajstić information content (AvgIpc) is 2.28. The fourth-order valence-corrected chi connectivity index (χ4v) is 1.50. The minimum absolute atomic E-state index is 0.0629. The lowest BCUT2D eigenvalue weighted by atomic mass is 9.81. The molecule has 0 aromatic carbocycles. The van der Waals surface area contributed by atoms with Crippen molar-refractivity contribution in [3.8, 4) is 11.8 Å². The van der Waals surface area contributed by atoms with Gasteiger partial charge in [-0.1, -0.05) is 13.8 Å². The fourth-order valence-electron chi connectivity index (χ4n) is 1.50. The van der Waals surface area contributed by atoms with Crippen LogP contribution in [0.5, 0.6) is 0 Å². The van der Waals surface area contributed by atoms with Crippen LogP contribution < -0.4 is 11.1 Å². The third-order valence-corrected chi connectivity index (χ3v) is 2.94. The largest absolute Gasteiger partial charge is 0.355 e. The van der Waals surface area contributed by atoms with Gasteiger partial charge in [-0.2, -0.15) is 0 Å². The van der Waals surface area contributed by atoms with Crippen molar-refractivity contribution in [2.75, 3.05) is 13.1 Å². The van der Waals surface area contributed by atoms with E-state index >= 15 is 0 Å². The molecule has 3 heteroatoms. The van der Waals surface area contributed by atoms with Crippen molar-refractivity contribution in [1.29, 1.82) is 0 Å². The molecule has 0 aromatic rings. The zero-order chi connectivity index (χ0) is 11.7. The summed E-state index contributed by atoms with van der Waals surface area (Å²) in [7, 11) is 0. The minimum Gasteiger partial charge on any atom is -0.355 e. The lowest BCUT2D eigenvalue weighted by Gasteiger charge is -2.28. The lowest BCUT2D eigenvalue weighted by Crippen LogP contribution is -2.45. The maximum Gasteiger partial charge on any atom is 0.227 e. The SMILES string of the molecule is CC#CCCNC(=O)C(CC)(CC)CN. The van der Waals surface area contributed by atoms with Crippen molar-refractivity contribution < 1.29 is 4.79 Å². The normalized spacial score (nSPS) is 10.4. The Morgan fingerprint density at radius 3 is 2.40 bits per heavy atom. The zero-order valence-electron chi connectivity index (χ0n) is 10.0. The van der Waals surface area contributed by atoms with Crippen molar-refractivity contribution >= 4 is 5.91 Å². The summed E-state index contributed by atoms with van der Waals surface area (Å²) in [5.41, 5.74) is 5.28. The van der Waals surface area contributed by atoms with Crippen LogP contribution in [0.4, 0.5) is 0 Å². The van der Waals surface area contributed by atoms with Crippen LogP contribution in [0, 0.1) is 17.3 Å². The van der Waals surface area contributed by atoms with Crippen LogP contribution in [0.1, 0.15) is 40.0 Å². The lowest BCUT2D eigenvalue weighted by molar-refractivity contribution is -0.130. The molecule has 0 saturated carbocycles. The van der Waals surface area contributed by atoms with Crippen LogP contribution in [0.3, 0.4) is 0 Å². The van der Waals surface area contributed by atoms with Crippen molar-refractivity contribution in [3.05, 3.63) is 0 Å². The molecule has 0 radical (unpaired) electrons. The molecule has 0 aliphatic carbocycles. The van der Waals surface area contributed by atoms with Gasteiger partial charge in [0, 0.05) is 19.5 Å². The Labute approximate surface area is 92.8 Å². The summed E-state index contributed by atoms with van der Waals surface area (Å²) in [5, 5.41) is 2.89. The highest BCUT2D eigenvalue weighted by Crippen LogP contribution is 2.24. The standard InChI is InChI=1S/C12H22N2O/c1-4-7-8-9-14-11(15)12(5-2,6-3)10-13/h5-6,8-10,13H2,1-3H3,(H,14,15). The average molecular weight is 210 g/mol. The number of rotatable bonds is 6. The number of nitrogens with two attached hydrogens (primary N) is 1. The first-order chi connectivity index (χ1) is 7.16. The predicted molar refractivity (Wildman–Crippen MR) is 63.1 cm³/mol. The molecule has 3 N–H and O–H groups in total. The molecule has 0 atom stereocenters. The fraction of sp³-hybridized carbons (Fsp3) is 0.750. The van der Waals surface area contributed by atoms with E-state index in [0.717, 1.165) is 12.8 Å². The summed E-state index contributed by atoms with van der Waals surface area (Å²) in [6, 6.07) is 0. The Morgan fingerprint density at radius 2 is 2.00 bits per heavy atom. The molecule has 0 aromatic heterocycles. The molecule has 0 aliphatic rings. The molecule has 1 amide bonds. The second-order valence-corrected chi connectivity index (χ2v) is 3.62. The summed E-state index contributed by atoms with van der Waals surface area (Å²) in [6.07, 6.45) is 2.27. The van der Waals surface area contributed by atoms with Crippen molar-refractivity contribution in [2.45, 2.75) is 40.0 Å². The quantitative estimate of drug-likeness (QED) is 0.512. The molecule has 0 bridgehead atoms. The first-order valence-electron chi connectivity index (χ1n) is 5.54. The molecule has 3 nitrogen and oxygen atoms in total. The molecular formula is C12H22N2O. The van der Waals surface area contributed by atoms with Crippen molar-refractivity contribution in [1.82, 2.24) is 5.32 Å². The molecular weight excluding hydrogens is 188 g/mol. The summed E-state index contributed by atoms with van der Waals surface area (Å²) in [5.74, 6) is 5.77. The highest BCUT2D eigenvalue weighted by molar-refractivity contribution is 5.82. The van der Waals surface area contributed by atoms with Gasteiger partial charge >= 0.3 is 0 Å². The van der Waals surface area contributed by atoms with E-state index in [0.29, 0.717) is 19.5 Å². The van der Waals surface area contributed by atoms with E-state index in [9.17, 15) is 4.79 Å². The van der Waals surface area contributed by atoms with Gasteiger partial charge in [-0.3, -0.25) is 4.79 Å². The highest BCUT2D eigenvalue weighted by Gasteiger charge is 2.32. The smallest absolute Gasteiger partial charge is 0.227 e. The third-order valence-electron chi connectivity index (χ3n) is 2.94. The van der Waals surface area contributed by atoms with Gasteiger partial charge in [-0.25, -0.2) is 0 Å². The summed E-state index contributed by atoms with van der Waals surface area (Å²) < 4.78 is 0. The van der Waals surface area contributed by atoms with Gasteiger partial charge in [0.1, 0.15) is 0 Å². The molecule has 15 heavy (non-hydrogen) atoms. The zero-order valence-corrected chi connectivity index (χ0v) is 10.0. The van der Waals surface area contributed by atoms with Crippen LogP contribution >= 0.6 is 0 Å². The third kappa shape index (κ3) is 3.93. The monoisotopic (exact) mass is 210 g/mol. The van der Waals surface area contributed by atoms with Crippen LogP contribution in [0.15, 0.2) is 0 Å².